The number of benzene rings is 1. The lowest BCUT2D eigenvalue weighted by Crippen LogP contribution is -2.31. The van der Waals surface area contributed by atoms with Gasteiger partial charge in [-0.25, -0.2) is 4.98 Å². The van der Waals surface area contributed by atoms with Crippen molar-refractivity contribution in [3.8, 4) is 23.1 Å². The highest BCUT2D eigenvalue weighted by Gasteiger charge is 2.20. The number of nitrogens with one attached hydrogen (secondary N) is 2. The number of aromatic nitrogens is 2. The number of anilines is 1. The van der Waals surface area contributed by atoms with Gasteiger partial charge in [0, 0.05) is 12.6 Å². The number of aliphatic hydroxyl groups excluding tert-OH is 1. The Bertz CT molecular complexity index is 847. The second kappa shape index (κ2) is 9.90. The smallest absolute Gasteiger partial charge is 0.300 e. The third-order valence-corrected chi connectivity index (χ3v) is 4.18. The largest absolute Gasteiger partial charge is 0.497 e. The highest BCUT2D eigenvalue weighted by Crippen LogP contribution is 2.36. The maximum Gasteiger partial charge on any atom is 0.300 e. The number of hydrogen-bond acceptors (Lipinski definition) is 8. The highest BCUT2D eigenvalue weighted by atomic mass is 32.2. The molecule has 0 saturated carbocycles. The third kappa shape index (κ3) is 6.24. The molecule has 0 radical (unpaired) electrons. The van der Waals surface area contributed by atoms with Crippen molar-refractivity contribution in [2.45, 2.75) is 13.3 Å². The van der Waals surface area contributed by atoms with Crippen LogP contribution in [0.1, 0.15) is 13.3 Å². The van der Waals surface area contributed by atoms with E-state index < -0.39 is 10.2 Å². The highest BCUT2D eigenvalue weighted by molar-refractivity contribution is 7.90. The van der Waals surface area contributed by atoms with Crippen molar-refractivity contribution in [2.75, 3.05) is 31.6 Å². The number of rotatable bonds is 11. The summed E-state index contributed by atoms with van der Waals surface area (Å²) in [7, 11) is -2.35. The summed E-state index contributed by atoms with van der Waals surface area (Å²) in [5, 5.41) is 8.98. The Morgan fingerprint density at radius 1 is 1.22 bits per heavy atom. The molecule has 1 aromatic carbocycles. The standard InChI is InChI=1S/C16H22N4O6S/c1-3-7-19-27(22,23)20-15-14(16(18-11-17-15)25-9-8-21)26-13-6-4-5-12(10-13)24-2/h4-6,10-11,19,21H,3,7-9H2,1-2H3,(H,17,18,20). The van der Waals surface area contributed by atoms with Crippen LogP contribution in [-0.4, -0.2) is 50.4 Å². The van der Waals surface area contributed by atoms with Gasteiger partial charge in [-0.05, 0) is 18.6 Å². The molecule has 3 N–H and O–H groups in total. The molecule has 148 valence electrons. The van der Waals surface area contributed by atoms with Crippen LogP contribution >= 0.6 is 0 Å². The van der Waals surface area contributed by atoms with E-state index in [2.05, 4.69) is 19.4 Å². The van der Waals surface area contributed by atoms with Gasteiger partial charge >= 0.3 is 0 Å². The quantitative estimate of drug-likeness (QED) is 0.516. The Morgan fingerprint density at radius 2 is 2.00 bits per heavy atom. The number of aliphatic hydroxyl groups is 1. The van der Waals surface area contributed by atoms with Crippen LogP contribution in [0.2, 0.25) is 0 Å². The van der Waals surface area contributed by atoms with Crippen LogP contribution in [-0.2, 0) is 10.2 Å². The summed E-state index contributed by atoms with van der Waals surface area (Å²) < 4.78 is 45.2. The van der Waals surface area contributed by atoms with E-state index in [1.54, 1.807) is 24.3 Å². The Balaban J connectivity index is 2.37. The maximum absolute atomic E-state index is 12.2. The minimum Gasteiger partial charge on any atom is -0.497 e. The molecule has 0 unspecified atom stereocenters. The van der Waals surface area contributed by atoms with Gasteiger partial charge < -0.3 is 19.3 Å². The van der Waals surface area contributed by atoms with Gasteiger partial charge in [-0.2, -0.15) is 18.1 Å². The van der Waals surface area contributed by atoms with E-state index in [1.165, 1.54) is 7.11 Å². The molecule has 0 aliphatic rings. The van der Waals surface area contributed by atoms with E-state index in [-0.39, 0.29) is 37.2 Å². The van der Waals surface area contributed by atoms with Gasteiger partial charge in [0.2, 0.25) is 5.75 Å². The fourth-order valence-corrected chi connectivity index (χ4v) is 2.89. The van der Waals surface area contributed by atoms with E-state index in [0.717, 1.165) is 6.33 Å². The van der Waals surface area contributed by atoms with Crippen LogP contribution in [0.15, 0.2) is 30.6 Å². The SMILES string of the molecule is CCCNS(=O)(=O)Nc1ncnc(OCCO)c1Oc1cccc(OC)c1. The monoisotopic (exact) mass is 398 g/mol. The Labute approximate surface area is 157 Å². The summed E-state index contributed by atoms with van der Waals surface area (Å²) >= 11 is 0. The fraction of sp³-hybridized carbons (Fsp3) is 0.375. The van der Waals surface area contributed by atoms with Crippen LogP contribution in [0, 0.1) is 0 Å². The molecule has 2 aromatic rings. The average Bonchev–Trinajstić information content (AvgIpc) is 2.66. The first-order chi connectivity index (χ1) is 13.0. The van der Waals surface area contributed by atoms with E-state index in [0.29, 0.717) is 17.9 Å². The zero-order valence-electron chi connectivity index (χ0n) is 15.0. The molecule has 1 heterocycles. The predicted octanol–water partition coefficient (Wildman–Crippen LogP) is 1.30. The van der Waals surface area contributed by atoms with Gasteiger partial charge in [-0.3, -0.25) is 4.72 Å². The molecular weight excluding hydrogens is 376 g/mol. The van der Waals surface area contributed by atoms with Crippen molar-refractivity contribution in [3.05, 3.63) is 30.6 Å². The first kappa shape index (κ1) is 20.7. The maximum atomic E-state index is 12.2. The minimum absolute atomic E-state index is 0.0185. The molecule has 0 fully saturated rings. The Morgan fingerprint density at radius 3 is 2.70 bits per heavy atom. The van der Waals surface area contributed by atoms with Gasteiger partial charge in [0.1, 0.15) is 24.4 Å². The van der Waals surface area contributed by atoms with Crippen molar-refractivity contribution in [1.82, 2.24) is 14.7 Å². The normalized spacial score (nSPS) is 11.1. The molecule has 0 saturated heterocycles. The van der Waals surface area contributed by atoms with Crippen LogP contribution in [0.5, 0.6) is 23.1 Å². The molecule has 1 aromatic heterocycles. The van der Waals surface area contributed by atoms with E-state index in [9.17, 15) is 8.42 Å². The fourth-order valence-electron chi connectivity index (χ4n) is 1.95. The number of hydrogen-bond donors (Lipinski definition) is 3. The molecule has 27 heavy (non-hydrogen) atoms. The zero-order chi connectivity index (χ0) is 19.7. The van der Waals surface area contributed by atoms with Crippen LogP contribution in [0.25, 0.3) is 0 Å². The molecule has 10 nitrogen and oxygen atoms in total. The van der Waals surface area contributed by atoms with Crippen molar-refractivity contribution in [2.24, 2.45) is 0 Å². The molecule has 0 aliphatic heterocycles. The van der Waals surface area contributed by atoms with Crippen LogP contribution in [0.4, 0.5) is 5.82 Å². The molecule has 0 spiro atoms. The summed E-state index contributed by atoms with van der Waals surface area (Å²) in [6.45, 7) is 1.80. The van der Waals surface area contributed by atoms with Gasteiger partial charge in [0.25, 0.3) is 16.1 Å². The summed E-state index contributed by atoms with van der Waals surface area (Å²) in [6, 6.07) is 6.70. The van der Waals surface area contributed by atoms with Crippen LogP contribution < -0.4 is 23.7 Å². The lowest BCUT2D eigenvalue weighted by molar-refractivity contribution is 0.192. The number of ether oxygens (including phenoxy) is 3. The molecule has 0 atom stereocenters. The van der Waals surface area contributed by atoms with E-state index >= 15 is 0 Å². The van der Waals surface area contributed by atoms with Crippen molar-refractivity contribution >= 4 is 16.0 Å². The molecule has 11 heteroatoms. The summed E-state index contributed by atoms with van der Waals surface area (Å²) in [5.41, 5.74) is 0. The van der Waals surface area contributed by atoms with Crippen molar-refractivity contribution < 1.29 is 27.7 Å². The zero-order valence-corrected chi connectivity index (χ0v) is 15.8. The molecule has 0 amide bonds. The first-order valence-corrected chi connectivity index (χ1v) is 9.65. The number of methoxy groups -OCH3 is 1. The van der Waals surface area contributed by atoms with E-state index in [4.69, 9.17) is 19.3 Å². The second-order valence-electron chi connectivity index (χ2n) is 5.21. The van der Waals surface area contributed by atoms with E-state index in [1.807, 2.05) is 6.92 Å². The van der Waals surface area contributed by atoms with Crippen molar-refractivity contribution in [3.63, 3.8) is 0 Å². The Hall–Kier alpha value is -2.63. The Kier molecular flexibility index (Phi) is 7.58. The average molecular weight is 398 g/mol. The molecule has 2 rings (SSSR count). The van der Waals surface area contributed by atoms with Crippen molar-refractivity contribution in [1.29, 1.82) is 0 Å². The summed E-state index contributed by atoms with van der Waals surface area (Å²) in [4.78, 5) is 7.89. The van der Waals surface area contributed by atoms with Gasteiger partial charge in [0.15, 0.2) is 5.82 Å². The topological polar surface area (TPSA) is 132 Å². The molecule has 0 aliphatic carbocycles. The lowest BCUT2D eigenvalue weighted by Gasteiger charge is -2.15. The second-order valence-corrected chi connectivity index (χ2v) is 6.71. The molecule has 0 bridgehead atoms. The van der Waals surface area contributed by atoms with Gasteiger partial charge in [-0.1, -0.05) is 13.0 Å². The first-order valence-electron chi connectivity index (χ1n) is 8.17. The predicted molar refractivity (Wildman–Crippen MR) is 98.5 cm³/mol. The number of nitrogens with zero attached hydrogens (tertiary/aromatic N) is 2. The lowest BCUT2D eigenvalue weighted by atomic mass is 10.3. The van der Waals surface area contributed by atoms with Gasteiger partial charge in [0.05, 0.1) is 13.7 Å². The third-order valence-electron chi connectivity index (χ3n) is 3.14. The minimum atomic E-state index is -3.86. The summed E-state index contributed by atoms with van der Waals surface area (Å²) in [6.07, 6.45) is 1.76. The van der Waals surface area contributed by atoms with Gasteiger partial charge in [-0.15, -0.1) is 0 Å². The summed E-state index contributed by atoms with van der Waals surface area (Å²) in [5.74, 6) is 0.745. The van der Waals surface area contributed by atoms with Crippen LogP contribution in [0.3, 0.4) is 0 Å². The molecular formula is C16H22N4O6S.